The van der Waals surface area contributed by atoms with Crippen LogP contribution in [-0.2, 0) is 6.18 Å². The van der Waals surface area contributed by atoms with E-state index >= 15 is 0 Å². The third kappa shape index (κ3) is 2.85. The highest BCUT2D eigenvalue weighted by atomic mass is 19.4. The fourth-order valence-corrected chi connectivity index (χ4v) is 2.46. The Labute approximate surface area is 109 Å². The van der Waals surface area contributed by atoms with Crippen molar-refractivity contribution in [3.8, 4) is 0 Å². The van der Waals surface area contributed by atoms with Gasteiger partial charge in [-0.2, -0.15) is 13.2 Å². The van der Waals surface area contributed by atoms with Crippen LogP contribution in [0.1, 0.15) is 42.4 Å². The molecule has 2 rings (SSSR count). The molecule has 0 saturated carbocycles. The van der Waals surface area contributed by atoms with Crippen LogP contribution in [0.15, 0.2) is 23.4 Å². The third-order valence-electron chi connectivity index (χ3n) is 3.44. The van der Waals surface area contributed by atoms with E-state index in [9.17, 15) is 18.1 Å². The largest absolute Gasteiger partial charge is 0.416 e. The molecule has 1 aromatic rings. The monoisotopic (exact) mass is 269 g/mol. The summed E-state index contributed by atoms with van der Waals surface area (Å²) in [6.07, 6.45) is 1.14. The Kier molecular flexibility index (Phi) is 3.73. The van der Waals surface area contributed by atoms with E-state index in [4.69, 9.17) is 0 Å². The number of nitrogens with zero attached hydrogens (tertiary/aromatic N) is 1. The molecular formula is C14H14F3NO. The molecule has 1 aliphatic carbocycles. The van der Waals surface area contributed by atoms with Crippen molar-refractivity contribution in [2.45, 2.75) is 38.8 Å². The molecule has 5 heteroatoms. The van der Waals surface area contributed by atoms with E-state index in [-0.39, 0.29) is 11.3 Å². The van der Waals surface area contributed by atoms with Crippen LogP contribution < -0.4 is 0 Å². The quantitative estimate of drug-likeness (QED) is 0.664. The summed E-state index contributed by atoms with van der Waals surface area (Å²) >= 11 is 0. The Morgan fingerprint density at radius 2 is 1.95 bits per heavy atom. The van der Waals surface area contributed by atoms with E-state index in [1.165, 1.54) is 13.0 Å². The van der Waals surface area contributed by atoms with Gasteiger partial charge >= 0.3 is 6.18 Å². The van der Waals surface area contributed by atoms with Gasteiger partial charge in [0, 0.05) is 0 Å². The van der Waals surface area contributed by atoms with E-state index in [0.717, 1.165) is 37.3 Å². The number of benzene rings is 1. The molecule has 1 aromatic carbocycles. The zero-order valence-corrected chi connectivity index (χ0v) is 10.5. The van der Waals surface area contributed by atoms with Gasteiger partial charge in [-0.05, 0) is 66.6 Å². The van der Waals surface area contributed by atoms with E-state index in [1.54, 1.807) is 0 Å². The van der Waals surface area contributed by atoms with Gasteiger partial charge in [0.05, 0.1) is 5.56 Å². The second-order valence-electron chi connectivity index (χ2n) is 4.73. The van der Waals surface area contributed by atoms with Gasteiger partial charge in [0.2, 0.25) is 0 Å². The maximum atomic E-state index is 12.9. The molecule has 1 aliphatic rings. The molecule has 0 heterocycles. The first kappa shape index (κ1) is 13.8. The molecule has 0 aliphatic heterocycles. The van der Waals surface area contributed by atoms with Crippen LogP contribution in [0.25, 0.3) is 5.57 Å². The molecule has 0 unspecified atom stereocenters. The lowest BCUT2D eigenvalue weighted by Gasteiger charge is -2.19. The van der Waals surface area contributed by atoms with E-state index in [0.29, 0.717) is 5.56 Å². The maximum absolute atomic E-state index is 12.9. The van der Waals surface area contributed by atoms with E-state index < -0.39 is 11.7 Å². The van der Waals surface area contributed by atoms with Gasteiger partial charge in [-0.15, -0.1) is 4.91 Å². The highest BCUT2D eigenvalue weighted by Crippen LogP contribution is 2.39. The average Bonchev–Trinajstić information content (AvgIpc) is 2.38. The summed E-state index contributed by atoms with van der Waals surface area (Å²) in [5.74, 6) is 0. The minimum atomic E-state index is -4.46. The van der Waals surface area contributed by atoms with Crippen molar-refractivity contribution in [3.63, 3.8) is 0 Å². The summed E-state index contributed by atoms with van der Waals surface area (Å²) < 4.78 is 38.8. The summed E-state index contributed by atoms with van der Waals surface area (Å²) in [7, 11) is 0. The van der Waals surface area contributed by atoms with Gasteiger partial charge in [-0.25, -0.2) is 0 Å². The molecule has 0 bridgehead atoms. The summed E-state index contributed by atoms with van der Waals surface area (Å²) in [5.41, 5.74) is 0.627. The first-order valence-electron chi connectivity index (χ1n) is 6.18. The molecule has 0 radical (unpaired) electrons. The van der Waals surface area contributed by atoms with Gasteiger partial charge in [0.1, 0.15) is 5.69 Å². The van der Waals surface area contributed by atoms with Crippen molar-refractivity contribution in [1.82, 2.24) is 0 Å². The normalized spacial score (nSPS) is 16.1. The Hall–Kier alpha value is -1.65. The van der Waals surface area contributed by atoms with E-state index in [2.05, 4.69) is 5.18 Å². The Balaban J connectivity index is 2.60. The summed E-state index contributed by atoms with van der Waals surface area (Å²) in [4.78, 5) is 10.6. The smallest absolute Gasteiger partial charge is 0.166 e. The van der Waals surface area contributed by atoms with Gasteiger partial charge in [-0.1, -0.05) is 6.08 Å². The zero-order valence-electron chi connectivity index (χ0n) is 10.5. The van der Waals surface area contributed by atoms with Crippen molar-refractivity contribution >= 4 is 11.3 Å². The fourth-order valence-electron chi connectivity index (χ4n) is 2.46. The molecule has 0 fully saturated rings. The van der Waals surface area contributed by atoms with E-state index in [1.807, 2.05) is 6.08 Å². The molecule has 0 aromatic heterocycles. The number of nitroso groups, excluding NO2 is 1. The van der Waals surface area contributed by atoms with Crippen LogP contribution in [0.2, 0.25) is 0 Å². The Morgan fingerprint density at radius 1 is 1.21 bits per heavy atom. The standard InChI is InChI=1S/C14H14F3NO/c1-9-12(10-5-3-2-4-6-10)7-11(18-19)8-13(9)14(15,16)17/h5,7-8H,2-4,6H2,1H3. The number of alkyl halides is 3. The maximum Gasteiger partial charge on any atom is 0.416 e. The van der Waals surface area contributed by atoms with Crippen molar-refractivity contribution in [1.29, 1.82) is 0 Å². The number of allylic oxidation sites excluding steroid dienone is 2. The third-order valence-corrected chi connectivity index (χ3v) is 3.44. The molecule has 0 saturated heterocycles. The molecule has 2 nitrogen and oxygen atoms in total. The fraction of sp³-hybridized carbons (Fsp3) is 0.429. The summed E-state index contributed by atoms with van der Waals surface area (Å²) in [5, 5.41) is 2.66. The molecule has 19 heavy (non-hydrogen) atoms. The van der Waals surface area contributed by atoms with Crippen LogP contribution in [0.3, 0.4) is 0 Å². The minimum absolute atomic E-state index is 0.167. The first-order chi connectivity index (χ1) is 8.93. The van der Waals surface area contributed by atoms with Crippen LogP contribution in [-0.4, -0.2) is 0 Å². The first-order valence-corrected chi connectivity index (χ1v) is 6.18. The Bertz CT molecular complexity index is 532. The summed E-state index contributed by atoms with van der Waals surface area (Å²) in [6.45, 7) is 1.45. The van der Waals surface area contributed by atoms with Crippen molar-refractivity contribution in [2.75, 3.05) is 0 Å². The second kappa shape index (κ2) is 5.15. The minimum Gasteiger partial charge on any atom is -0.166 e. The van der Waals surface area contributed by atoms with Crippen molar-refractivity contribution in [3.05, 3.63) is 39.8 Å². The number of hydrogen-bond acceptors (Lipinski definition) is 2. The molecular weight excluding hydrogens is 255 g/mol. The highest BCUT2D eigenvalue weighted by molar-refractivity contribution is 5.72. The van der Waals surface area contributed by atoms with Gasteiger partial charge in [0.15, 0.2) is 0 Å². The van der Waals surface area contributed by atoms with Crippen LogP contribution >= 0.6 is 0 Å². The molecule has 0 atom stereocenters. The molecule has 102 valence electrons. The topological polar surface area (TPSA) is 29.4 Å². The van der Waals surface area contributed by atoms with Crippen LogP contribution in [0, 0.1) is 11.8 Å². The lowest BCUT2D eigenvalue weighted by molar-refractivity contribution is -0.138. The predicted octanol–water partition coefficient (Wildman–Crippen LogP) is 5.37. The SMILES string of the molecule is Cc1c(C2=CCCCC2)cc(N=O)cc1C(F)(F)F. The molecule has 0 amide bonds. The molecule has 0 N–H and O–H groups in total. The second-order valence-corrected chi connectivity index (χ2v) is 4.73. The lowest BCUT2D eigenvalue weighted by Crippen LogP contribution is -2.09. The van der Waals surface area contributed by atoms with Crippen molar-refractivity contribution in [2.24, 2.45) is 5.18 Å². The predicted molar refractivity (Wildman–Crippen MR) is 68.1 cm³/mol. The van der Waals surface area contributed by atoms with Gasteiger partial charge in [-0.3, -0.25) is 0 Å². The number of halogens is 3. The lowest BCUT2D eigenvalue weighted by atomic mass is 9.89. The Morgan fingerprint density at radius 3 is 2.47 bits per heavy atom. The van der Waals surface area contributed by atoms with Crippen LogP contribution in [0.5, 0.6) is 0 Å². The molecule has 0 spiro atoms. The van der Waals surface area contributed by atoms with Gasteiger partial charge < -0.3 is 0 Å². The number of hydrogen-bond donors (Lipinski definition) is 0. The highest BCUT2D eigenvalue weighted by Gasteiger charge is 2.34. The van der Waals surface area contributed by atoms with Crippen molar-refractivity contribution < 1.29 is 13.2 Å². The van der Waals surface area contributed by atoms with Crippen LogP contribution in [0.4, 0.5) is 18.9 Å². The summed E-state index contributed by atoms with van der Waals surface area (Å²) in [6, 6.07) is 2.27. The average molecular weight is 269 g/mol. The zero-order chi connectivity index (χ0) is 14.0. The number of rotatable bonds is 2. The van der Waals surface area contributed by atoms with Gasteiger partial charge in [0.25, 0.3) is 0 Å².